The quantitative estimate of drug-likeness (QED) is 0.759. The van der Waals surface area contributed by atoms with Crippen LogP contribution >= 0.6 is 0 Å². The maximum Gasteiger partial charge on any atom is 0.224 e. The zero-order chi connectivity index (χ0) is 15.9. The number of ketones is 1. The van der Waals surface area contributed by atoms with Gasteiger partial charge < -0.3 is 10.6 Å². The number of nitrogens with zero attached hydrogens (tertiary/aromatic N) is 2. The molecule has 0 aliphatic carbocycles. The first-order valence-corrected chi connectivity index (χ1v) is 7.49. The summed E-state index contributed by atoms with van der Waals surface area (Å²) in [5.41, 5.74) is 1.58. The fraction of sp³-hybridized carbons (Fsp3) is 0.353. The normalized spacial score (nSPS) is 10.5. The highest BCUT2D eigenvalue weighted by Crippen LogP contribution is 2.16. The highest BCUT2D eigenvalue weighted by molar-refractivity contribution is 5.94. The van der Waals surface area contributed by atoms with Crippen LogP contribution in [0.15, 0.2) is 36.5 Å². The Bertz CT molecular complexity index is 623. The molecule has 5 nitrogen and oxygen atoms in total. The van der Waals surface area contributed by atoms with Crippen molar-refractivity contribution in [2.75, 3.05) is 17.2 Å². The second-order valence-corrected chi connectivity index (χ2v) is 5.63. The molecule has 22 heavy (non-hydrogen) atoms. The Morgan fingerprint density at radius 2 is 1.91 bits per heavy atom. The van der Waals surface area contributed by atoms with Crippen LogP contribution in [-0.2, 0) is 0 Å². The topological polar surface area (TPSA) is 66.9 Å². The molecule has 0 atom stereocenters. The van der Waals surface area contributed by atoms with Crippen LogP contribution in [0, 0.1) is 5.92 Å². The SMILES string of the molecule is CC(=O)c1ccc(Nc2ccnc(NCCC(C)C)n2)cc1. The number of anilines is 3. The third-order valence-electron chi connectivity index (χ3n) is 3.22. The Balaban J connectivity index is 1.99. The van der Waals surface area contributed by atoms with Crippen LogP contribution in [0.25, 0.3) is 0 Å². The van der Waals surface area contributed by atoms with Crippen molar-refractivity contribution in [3.8, 4) is 0 Å². The summed E-state index contributed by atoms with van der Waals surface area (Å²) in [4.78, 5) is 19.9. The van der Waals surface area contributed by atoms with E-state index in [2.05, 4.69) is 34.4 Å². The van der Waals surface area contributed by atoms with Gasteiger partial charge >= 0.3 is 0 Å². The van der Waals surface area contributed by atoms with Gasteiger partial charge in [-0.1, -0.05) is 13.8 Å². The van der Waals surface area contributed by atoms with Gasteiger partial charge in [-0.05, 0) is 49.6 Å². The molecule has 1 aromatic carbocycles. The van der Waals surface area contributed by atoms with Gasteiger partial charge in [0.25, 0.3) is 0 Å². The summed E-state index contributed by atoms with van der Waals surface area (Å²) in [6, 6.07) is 9.14. The molecule has 0 unspecified atom stereocenters. The van der Waals surface area contributed by atoms with Gasteiger partial charge in [-0.3, -0.25) is 4.79 Å². The van der Waals surface area contributed by atoms with Crippen LogP contribution in [0.1, 0.15) is 37.6 Å². The molecule has 0 saturated heterocycles. The van der Waals surface area contributed by atoms with E-state index >= 15 is 0 Å². The van der Waals surface area contributed by atoms with Gasteiger partial charge in [0.2, 0.25) is 5.95 Å². The van der Waals surface area contributed by atoms with Gasteiger partial charge in [-0.15, -0.1) is 0 Å². The third kappa shape index (κ3) is 4.84. The molecule has 0 fully saturated rings. The third-order valence-corrected chi connectivity index (χ3v) is 3.22. The molecule has 0 amide bonds. The highest BCUT2D eigenvalue weighted by Gasteiger charge is 2.02. The summed E-state index contributed by atoms with van der Waals surface area (Å²) in [7, 11) is 0. The smallest absolute Gasteiger partial charge is 0.224 e. The van der Waals surface area contributed by atoms with Gasteiger partial charge in [0, 0.05) is 24.0 Å². The molecule has 116 valence electrons. The number of hydrogen-bond acceptors (Lipinski definition) is 5. The lowest BCUT2D eigenvalue weighted by molar-refractivity contribution is 0.101. The van der Waals surface area contributed by atoms with Crippen molar-refractivity contribution in [1.82, 2.24) is 9.97 Å². The first kappa shape index (κ1) is 15.9. The number of hydrogen-bond donors (Lipinski definition) is 2. The van der Waals surface area contributed by atoms with Crippen LogP contribution in [0.4, 0.5) is 17.5 Å². The van der Waals surface area contributed by atoms with Crippen molar-refractivity contribution < 1.29 is 4.79 Å². The van der Waals surface area contributed by atoms with Crippen LogP contribution in [-0.4, -0.2) is 22.3 Å². The average Bonchev–Trinajstić information content (AvgIpc) is 2.48. The maximum atomic E-state index is 11.3. The van der Waals surface area contributed by atoms with Crippen LogP contribution in [0.2, 0.25) is 0 Å². The molecule has 0 radical (unpaired) electrons. The molecule has 0 bridgehead atoms. The molecular formula is C17H22N4O. The predicted octanol–water partition coefficient (Wildman–Crippen LogP) is 3.88. The first-order valence-electron chi connectivity index (χ1n) is 7.49. The summed E-state index contributed by atoms with van der Waals surface area (Å²) < 4.78 is 0. The maximum absolute atomic E-state index is 11.3. The second kappa shape index (κ2) is 7.54. The van der Waals surface area contributed by atoms with Gasteiger partial charge in [0.15, 0.2) is 5.78 Å². The number of carbonyl (C=O) groups excluding carboxylic acids is 1. The van der Waals surface area contributed by atoms with E-state index in [1.807, 2.05) is 18.2 Å². The Hall–Kier alpha value is -2.43. The van der Waals surface area contributed by atoms with Gasteiger partial charge in [-0.25, -0.2) is 4.98 Å². The van der Waals surface area contributed by atoms with E-state index < -0.39 is 0 Å². The van der Waals surface area contributed by atoms with Gasteiger partial charge in [0.05, 0.1) is 0 Å². The van der Waals surface area contributed by atoms with Crippen molar-refractivity contribution in [2.24, 2.45) is 5.92 Å². The summed E-state index contributed by atoms with van der Waals surface area (Å²) >= 11 is 0. The van der Waals surface area contributed by atoms with Crippen LogP contribution < -0.4 is 10.6 Å². The van der Waals surface area contributed by atoms with Crippen LogP contribution in [0.5, 0.6) is 0 Å². The molecule has 1 heterocycles. The molecule has 0 aliphatic rings. The lowest BCUT2D eigenvalue weighted by Gasteiger charge is -2.09. The lowest BCUT2D eigenvalue weighted by Crippen LogP contribution is -2.08. The summed E-state index contributed by atoms with van der Waals surface area (Å²) in [5, 5.41) is 6.43. The Labute approximate surface area is 131 Å². The molecule has 1 aromatic heterocycles. The number of aromatic nitrogens is 2. The van der Waals surface area contributed by atoms with E-state index in [4.69, 9.17) is 0 Å². The molecule has 2 aromatic rings. The van der Waals surface area contributed by atoms with E-state index in [0.29, 0.717) is 17.4 Å². The minimum Gasteiger partial charge on any atom is -0.354 e. The molecule has 2 N–H and O–H groups in total. The lowest BCUT2D eigenvalue weighted by atomic mass is 10.1. The monoisotopic (exact) mass is 298 g/mol. The van der Waals surface area contributed by atoms with E-state index in [1.165, 1.54) is 0 Å². The molecule has 0 aliphatic heterocycles. The van der Waals surface area contributed by atoms with Crippen molar-refractivity contribution in [1.29, 1.82) is 0 Å². The zero-order valence-corrected chi connectivity index (χ0v) is 13.3. The molecule has 0 spiro atoms. The average molecular weight is 298 g/mol. The highest BCUT2D eigenvalue weighted by atomic mass is 16.1. The first-order chi connectivity index (χ1) is 10.5. The number of benzene rings is 1. The molecular weight excluding hydrogens is 276 g/mol. The van der Waals surface area contributed by atoms with E-state index in [0.717, 1.165) is 24.5 Å². The molecule has 0 saturated carbocycles. The second-order valence-electron chi connectivity index (χ2n) is 5.63. The minimum absolute atomic E-state index is 0.0604. The Morgan fingerprint density at radius 1 is 1.18 bits per heavy atom. The molecule has 5 heteroatoms. The van der Waals surface area contributed by atoms with Crippen molar-refractivity contribution >= 4 is 23.2 Å². The van der Waals surface area contributed by atoms with Crippen molar-refractivity contribution in [3.63, 3.8) is 0 Å². The van der Waals surface area contributed by atoms with E-state index in [9.17, 15) is 4.79 Å². The van der Waals surface area contributed by atoms with Crippen LogP contribution in [0.3, 0.4) is 0 Å². The van der Waals surface area contributed by atoms with Gasteiger partial charge in [-0.2, -0.15) is 4.98 Å². The standard InChI is InChI=1S/C17H22N4O/c1-12(2)8-10-18-17-19-11-9-16(21-17)20-15-6-4-14(5-7-15)13(3)22/h4-7,9,11-12H,8,10H2,1-3H3,(H2,18,19,20,21). The summed E-state index contributed by atoms with van der Waals surface area (Å²) in [6.45, 7) is 6.78. The van der Waals surface area contributed by atoms with E-state index in [-0.39, 0.29) is 5.78 Å². The number of rotatable bonds is 7. The fourth-order valence-corrected chi connectivity index (χ4v) is 1.92. The Morgan fingerprint density at radius 3 is 2.55 bits per heavy atom. The predicted molar refractivity (Wildman–Crippen MR) is 89.7 cm³/mol. The summed E-state index contributed by atoms with van der Waals surface area (Å²) in [5.74, 6) is 2.04. The van der Waals surface area contributed by atoms with Crippen molar-refractivity contribution in [3.05, 3.63) is 42.1 Å². The largest absolute Gasteiger partial charge is 0.354 e. The number of carbonyl (C=O) groups is 1. The van der Waals surface area contributed by atoms with Gasteiger partial charge in [0.1, 0.15) is 5.82 Å². The van der Waals surface area contributed by atoms with Crippen molar-refractivity contribution in [2.45, 2.75) is 27.2 Å². The zero-order valence-electron chi connectivity index (χ0n) is 13.3. The number of Topliss-reactive ketones (excluding diaryl/α,β-unsaturated/α-hetero) is 1. The summed E-state index contributed by atoms with van der Waals surface area (Å²) in [6.07, 6.45) is 2.80. The van der Waals surface area contributed by atoms with E-state index in [1.54, 1.807) is 25.3 Å². The Kier molecular flexibility index (Phi) is 5.47. The minimum atomic E-state index is 0.0604. The number of nitrogens with one attached hydrogen (secondary N) is 2. The molecule has 2 rings (SSSR count). The fourth-order valence-electron chi connectivity index (χ4n) is 1.92.